The summed E-state index contributed by atoms with van der Waals surface area (Å²) in [6.45, 7) is 5.50. The summed E-state index contributed by atoms with van der Waals surface area (Å²) >= 11 is 11.2. The van der Waals surface area contributed by atoms with E-state index in [1.54, 1.807) is 41.1 Å². The number of nitrogens with zero attached hydrogens (tertiary/aromatic N) is 2. The Bertz CT molecular complexity index is 1980. The normalized spacial score (nSPS) is 34.7. The van der Waals surface area contributed by atoms with Gasteiger partial charge in [-0.2, -0.15) is 0 Å². The summed E-state index contributed by atoms with van der Waals surface area (Å²) in [5, 5.41) is 25.5. The second-order valence-corrected chi connectivity index (χ2v) is 19.4. The number of aliphatic hydroxyl groups is 2. The lowest BCUT2D eigenvalue weighted by molar-refractivity contribution is -0.168. The molecule has 2 saturated heterocycles. The van der Waals surface area contributed by atoms with Crippen molar-refractivity contribution >= 4 is 71.9 Å². The van der Waals surface area contributed by atoms with Crippen LogP contribution >= 0.6 is 30.9 Å². The number of ketones is 3. The molecule has 0 aromatic heterocycles. The molecule has 0 bridgehead atoms. The first-order chi connectivity index (χ1) is 28.0. The molecule has 5 fully saturated rings. The predicted octanol–water partition coefficient (Wildman–Crippen LogP) is 3.74. The molecular weight excluding hydrogens is 826 g/mol. The summed E-state index contributed by atoms with van der Waals surface area (Å²) in [5.74, 6) is -1.67. The van der Waals surface area contributed by atoms with Gasteiger partial charge in [0.25, 0.3) is 11.8 Å². The molecule has 4 N–H and O–H groups in total. The van der Waals surface area contributed by atoms with Gasteiger partial charge in [0.2, 0.25) is 11.8 Å². The highest BCUT2D eigenvalue weighted by molar-refractivity contribution is 7.54. The van der Waals surface area contributed by atoms with E-state index in [2.05, 4.69) is 10.4 Å². The van der Waals surface area contributed by atoms with Gasteiger partial charge in [-0.15, -0.1) is 23.2 Å². The van der Waals surface area contributed by atoms with E-state index in [-0.39, 0.29) is 54.5 Å². The Morgan fingerprint density at radius 3 is 2.24 bits per heavy atom. The summed E-state index contributed by atoms with van der Waals surface area (Å²) < 4.78 is 19.2. The van der Waals surface area contributed by atoms with Gasteiger partial charge < -0.3 is 14.7 Å². The first-order valence-electron chi connectivity index (χ1n) is 20.0. The lowest BCUT2D eigenvalue weighted by Gasteiger charge is -2.56. The molecule has 8 atom stereocenters. The Labute approximate surface area is 352 Å². The van der Waals surface area contributed by atoms with E-state index in [1.807, 2.05) is 19.9 Å². The van der Waals surface area contributed by atoms with E-state index in [1.165, 1.54) is 0 Å². The van der Waals surface area contributed by atoms with Crippen LogP contribution in [-0.4, -0.2) is 117 Å². The maximum atomic E-state index is 13.3. The van der Waals surface area contributed by atoms with E-state index in [0.717, 1.165) is 36.3 Å². The number of Topliss-reactive ketones (excluding diaryl/α,β-unsaturated/α-hetero) is 2. The van der Waals surface area contributed by atoms with E-state index in [4.69, 9.17) is 27.7 Å². The highest BCUT2D eigenvalue weighted by Crippen LogP contribution is 2.66. The van der Waals surface area contributed by atoms with Crippen LogP contribution in [0, 0.1) is 28.6 Å². The van der Waals surface area contributed by atoms with E-state index in [0.29, 0.717) is 55.4 Å². The molecule has 1 aromatic rings. The van der Waals surface area contributed by atoms with Gasteiger partial charge in [-0.05, 0) is 74.6 Å². The number of alkyl halides is 2. The molecule has 18 heteroatoms. The molecule has 4 amide bonds. The van der Waals surface area contributed by atoms with Crippen LogP contribution in [-0.2, 0) is 33.1 Å². The highest BCUT2D eigenvalue weighted by Gasteiger charge is 2.68. The fraction of sp³-hybridized carbons (Fsp3) is 0.585. The summed E-state index contributed by atoms with van der Waals surface area (Å²) in [6.07, 6.45) is 9.02. The Kier molecular flexibility index (Phi) is 13.7. The number of carbonyl (C=O) groups is 7. The number of imide groups is 2. The highest BCUT2D eigenvalue weighted by atomic mass is 35.5. The first-order valence-corrected chi connectivity index (χ1v) is 22.7. The average Bonchev–Trinajstić information content (AvgIpc) is 3.63. The first kappa shape index (κ1) is 45.1. The third-order valence-electron chi connectivity index (χ3n) is 13.3. The van der Waals surface area contributed by atoms with E-state index < -0.39 is 60.3 Å². The van der Waals surface area contributed by atoms with Gasteiger partial charge >= 0.3 is 7.67 Å². The third kappa shape index (κ3) is 8.22. The van der Waals surface area contributed by atoms with E-state index >= 15 is 0 Å². The Hall–Kier alpha value is -3.40. The molecule has 3 aliphatic heterocycles. The van der Waals surface area contributed by atoms with E-state index in [9.17, 15) is 48.3 Å². The van der Waals surface area contributed by atoms with Crippen molar-refractivity contribution in [1.82, 2.24) is 20.0 Å². The van der Waals surface area contributed by atoms with Crippen LogP contribution in [0.2, 0.25) is 0 Å². The summed E-state index contributed by atoms with van der Waals surface area (Å²) in [6, 6.07) is 5.55. The number of rotatable bonds is 8. The number of benzene rings is 1. The van der Waals surface area contributed by atoms with Crippen molar-refractivity contribution in [2.45, 2.75) is 76.9 Å². The predicted molar refractivity (Wildman–Crippen MR) is 216 cm³/mol. The molecule has 3 saturated carbocycles. The minimum atomic E-state index is -2.84. The van der Waals surface area contributed by atoms with Gasteiger partial charge in [0, 0.05) is 61.0 Å². The molecule has 7 aliphatic rings. The number of hydrogen-bond acceptors (Lipinski definition) is 11. The summed E-state index contributed by atoms with van der Waals surface area (Å²) in [7, 11) is -2.84. The fourth-order valence-electron chi connectivity index (χ4n) is 10.3. The topological polar surface area (TPSA) is 217 Å². The van der Waals surface area contributed by atoms with Gasteiger partial charge in [-0.1, -0.05) is 37.6 Å². The maximum absolute atomic E-state index is 13.3. The second-order valence-electron chi connectivity index (χ2n) is 16.5. The van der Waals surface area contributed by atoms with Gasteiger partial charge in [-0.3, -0.25) is 48.3 Å². The minimum Gasteiger partial charge on any atom is -0.388 e. The van der Waals surface area contributed by atoms with Crippen molar-refractivity contribution in [1.29, 1.82) is 0 Å². The van der Waals surface area contributed by atoms with Crippen LogP contribution in [0.25, 0.3) is 0 Å². The molecule has 8 rings (SSSR count). The minimum absolute atomic E-state index is 0.0206. The summed E-state index contributed by atoms with van der Waals surface area (Å²) in [5.41, 5.74) is -1.26. The molecule has 59 heavy (non-hydrogen) atoms. The number of halogens is 2. The largest absolute Gasteiger partial charge is 0.388 e. The Morgan fingerprint density at radius 2 is 1.66 bits per heavy atom. The zero-order valence-electron chi connectivity index (χ0n) is 33.1. The maximum Gasteiger partial charge on any atom is 0.343 e. The van der Waals surface area contributed by atoms with Crippen LogP contribution in [0.15, 0.2) is 48.1 Å². The number of fused-ring (bicyclic) bond motifs is 6. The lowest BCUT2D eigenvalue weighted by atomic mass is 9.46. The fourth-order valence-corrected chi connectivity index (χ4v) is 13.0. The zero-order chi connectivity index (χ0) is 42.9. The number of piperidine rings is 1. The van der Waals surface area contributed by atoms with Crippen LogP contribution in [0.3, 0.4) is 0 Å². The van der Waals surface area contributed by atoms with Crippen molar-refractivity contribution in [2.24, 2.45) is 28.6 Å². The van der Waals surface area contributed by atoms with Crippen LogP contribution in [0.4, 0.5) is 0 Å². The Morgan fingerprint density at radius 1 is 1.00 bits per heavy atom. The van der Waals surface area contributed by atoms with Gasteiger partial charge in [0.05, 0.1) is 17.7 Å². The monoisotopic (exact) mass is 876 g/mol. The molecule has 0 radical (unpaired) electrons. The van der Waals surface area contributed by atoms with Crippen LogP contribution in [0.1, 0.15) is 85.9 Å². The number of carbonyl (C=O) groups excluding carboxylic acids is 7. The van der Waals surface area contributed by atoms with Crippen LogP contribution in [0.5, 0.6) is 0 Å². The molecule has 3 heterocycles. The number of aliphatic hydroxyl groups excluding tert-OH is 1. The number of nitrogens with one attached hydrogen (secondary N) is 2. The molecule has 0 spiro atoms. The van der Waals surface area contributed by atoms with Crippen molar-refractivity contribution in [2.75, 3.05) is 44.6 Å². The molecule has 15 nitrogen and oxygen atoms in total. The molecule has 2 unspecified atom stereocenters. The SMILES string of the molecule is C[C@]12C=CC(=O)C=C1CC[C@@H]1[C@@H]2C(=O)C[C@@]2(C)[C@H]1CC[C@]2(O)C(=O)CO.O=C1CCC(N2C(=O)c3ccccc3C2=O)C(=O)N1.O=P1(N(CCCl)CCCl)NCCCO1. The Balaban J connectivity index is 0.000000157. The van der Waals surface area contributed by atoms with Crippen molar-refractivity contribution in [3.8, 4) is 0 Å². The third-order valence-corrected chi connectivity index (χ3v) is 16.0. The van der Waals surface area contributed by atoms with Crippen molar-refractivity contribution in [3.05, 3.63) is 59.2 Å². The van der Waals surface area contributed by atoms with Crippen molar-refractivity contribution in [3.63, 3.8) is 0 Å². The van der Waals surface area contributed by atoms with Gasteiger partial charge in [0.1, 0.15) is 24.0 Å². The molecule has 320 valence electrons. The molecule has 4 aliphatic carbocycles. The lowest BCUT2D eigenvalue weighted by Crippen LogP contribution is -2.60. The molecule has 1 aromatic carbocycles. The van der Waals surface area contributed by atoms with Crippen LogP contribution < -0.4 is 10.4 Å². The molecular formula is C41H51Cl2N4O11P. The standard InChI is InChI=1S/C21H26O5.C13H10N2O4.C7H15Cl2N2O2P/c1-19-7-5-13(23)9-12(19)3-4-14-15-6-8-21(26,17(25)11-22)20(15,2)10-16(24)18(14)19;16-10-6-5-9(11(17)14-10)15-12(18)7-3-1-2-4-8(7)13(15)19;8-2-5-11(6-3-9)14(12)10-4-1-7-13-14/h5,7,9,14-15,18,22,26H,3-4,6,8,10-11H2,1-2H3;1-4,9H,5-6H2,(H,14,16,17);1-7H2,(H,10,12)/t14-,15-,18+,19-,20-,21-;;/m0../s1. The average molecular weight is 878 g/mol. The number of hydrogen-bond donors (Lipinski definition) is 4. The van der Waals surface area contributed by atoms with Gasteiger partial charge in [0.15, 0.2) is 11.6 Å². The van der Waals surface area contributed by atoms with Gasteiger partial charge in [-0.25, -0.2) is 9.76 Å². The quantitative estimate of drug-likeness (QED) is 0.167. The zero-order valence-corrected chi connectivity index (χ0v) is 35.5. The van der Waals surface area contributed by atoms with Crippen molar-refractivity contribution < 1.29 is 52.9 Å². The number of amides is 4. The summed E-state index contributed by atoms with van der Waals surface area (Å²) in [4.78, 5) is 85.5. The number of allylic oxidation sites excluding steroid dienone is 4. The second kappa shape index (κ2) is 17.9. The smallest absolute Gasteiger partial charge is 0.343 e.